The first-order valence-corrected chi connectivity index (χ1v) is 6.16. The van der Waals surface area contributed by atoms with Gasteiger partial charge in [0, 0.05) is 17.1 Å². The highest BCUT2D eigenvalue weighted by atomic mass is 35.5. The van der Waals surface area contributed by atoms with Crippen molar-refractivity contribution in [2.75, 3.05) is 0 Å². The highest BCUT2D eigenvalue weighted by molar-refractivity contribution is 6.30. The third-order valence-electron chi connectivity index (χ3n) is 2.41. The maximum absolute atomic E-state index is 13.5. The molecule has 0 aromatic heterocycles. The molecule has 0 aliphatic rings. The number of ether oxygens (including phenoxy) is 1. The third kappa shape index (κ3) is 3.60. The summed E-state index contributed by atoms with van der Waals surface area (Å²) in [5.41, 5.74) is 0. The molecule has 18 heavy (non-hydrogen) atoms. The maximum Gasteiger partial charge on any atom is 0.415 e. The second-order valence-corrected chi connectivity index (χ2v) is 4.97. The Morgan fingerprint density at radius 3 is 2.28 bits per heavy atom. The summed E-state index contributed by atoms with van der Waals surface area (Å²) in [7, 11) is 0. The van der Waals surface area contributed by atoms with Gasteiger partial charge in [0.05, 0.1) is 0 Å². The zero-order valence-electron chi connectivity index (χ0n) is 10.9. The first-order chi connectivity index (χ1) is 8.32. The molecule has 0 saturated heterocycles. The van der Waals surface area contributed by atoms with E-state index in [0.717, 1.165) is 6.07 Å². The van der Waals surface area contributed by atoms with E-state index >= 15 is 0 Å². The number of halogens is 2. The van der Waals surface area contributed by atoms with Gasteiger partial charge < -0.3 is 9.64 Å². The smallest absolute Gasteiger partial charge is 0.407 e. The van der Waals surface area contributed by atoms with Crippen LogP contribution < -0.4 is 4.74 Å². The van der Waals surface area contributed by atoms with Crippen molar-refractivity contribution in [3.63, 3.8) is 0 Å². The first-order valence-electron chi connectivity index (χ1n) is 5.78. The van der Waals surface area contributed by atoms with Gasteiger partial charge in [-0.15, -0.1) is 0 Å². The van der Waals surface area contributed by atoms with E-state index in [1.807, 2.05) is 27.7 Å². The normalized spacial score (nSPS) is 10.9. The fourth-order valence-corrected chi connectivity index (χ4v) is 1.88. The van der Waals surface area contributed by atoms with Crippen molar-refractivity contribution >= 4 is 17.7 Å². The Morgan fingerprint density at radius 2 is 1.83 bits per heavy atom. The monoisotopic (exact) mass is 273 g/mol. The second-order valence-electron chi connectivity index (χ2n) is 4.54. The molecule has 1 rings (SSSR count). The number of nitrogens with zero attached hydrogens (tertiary/aromatic N) is 1. The lowest BCUT2D eigenvalue weighted by atomic mass is 10.2. The van der Waals surface area contributed by atoms with Crippen molar-refractivity contribution in [1.29, 1.82) is 0 Å². The molecule has 0 unspecified atom stereocenters. The summed E-state index contributed by atoms with van der Waals surface area (Å²) in [6, 6.07) is 3.89. The number of rotatable bonds is 3. The summed E-state index contributed by atoms with van der Waals surface area (Å²) in [6.45, 7) is 7.50. The summed E-state index contributed by atoms with van der Waals surface area (Å²) in [5, 5.41) is 0.261. The van der Waals surface area contributed by atoms with Crippen LogP contribution in [0.15, 0.2) is 18.2 Å². The second kappa shape index (κ2) is 6.05. The average Bonchev–Trinajstić information content (AvgIpc) is 2.21. The Labute approximate surface area is 111 Å². The van der Waals surface area contributed by atoms with Crippen LogP contribution in [0.2, 0.25) is 5.02 Å². The van der Waals surface area contributed by atoms with Gasteiger partial charge in [-0.25, -0.2) is 9.18 Å². The van der Waals surface area contributed by atoms with E-state index in [4.69, 9.17) is 16.3 Å². The molecule has 5 heteroatoms. The lowest BCUT2D eigenvalue weighted by molar-refractivity contribution is 0.121. The van der Waals surface area contributed by atoms with Crippen LogP contribution in [0, 0.1) is 5.82 Å². The maximum atomic E-state index is 13.5. The van der Waals surface area contributed by atoms with E-state index in [9.17, 15) is 9.18 Å². The van der Waals surface area contributed by atoms with Crippen LogP contribution in [0.5, 0.6) is 5.75 Å². The Bertz CT molecular complexity index is 427. The molecule has 0 fully saturated rings. The van der Waals surface area contributed by atoms with Crippen molar-refractivity contribution < 1.29 is 13.9 Å². The molecule has 0 N–H and O–H groups in total. The van der Waals surface area contributed by atoms with E-state index in [0.29, 0.717) is 0 Å². The van der Waals surface area contributed by atoms with E-state index in [-0.39, 0.29) is 22.9 Å². The molecule has 100 valence electrons. The fraction of sp³-hybridized carbons (Fsp3) is 0.462. The largest absolute Gasteiger partial charge is 0.415 e. The van der Waals surface area contributed by atoms with Crippen LogP contribution in [0.25, 0.3) is 0 Å². The number of benzene rings is 1. The number of hydrogen-bond acceptors (Lipinski definition) is 2. The zero-order chi connectivity index (χ0) is 13.9. The molecule has 0 radical (unpaired) electrons. The molecule has 0 aliphatic heterocycles. The summed E-state index contributed by atoms with van der Waals surface area (Å²) in [6.07, 6.45) is -0.568. The van der Waals surface area contributed by atoms with Gasteiger partial charge in [-0.3, -0.25) is 0 Å². The highest BCUT2D eigenvalue weighted by Crippen LogP contribution is 2.22. The highest BCUT2D eigenvalue weighted by Gasteiger charge is 2.23. The first kappa shape index (κ1) is 14.8. The number of amides is 1. The Hall–Kier alpha value is -1.29. The van der Waals surface area contributed by atoms with Crippen molar-refractivity contribution in [3.8, 4) is 5.75 Å². The molecular weight excluding hydrogens is 257 g/mol. The van der Waals surface area contributed by atoms with E-state index < -0.39 is 11.9 Å². The van der Waals surface area contributed by atoms with Crippen molar-refractivity contribution in [2.24, 2.45) is 0 Å². The van der Waals surface area contributed by atoms with Gasteiger partial charge in [0.2, 0.25) is 0 Å². The molecule has 0 atom stereocenters. The minimum atomic E-state index is -0.650. The van der Waals surface area contributed by atoms with Crippen LogP contribution in [0.1, 0.15) is 27.7 Å². The van der Waals surface area contributed by atoms with E-state index in [1.165, 1.54) is 17.0 Å². The molecule has 3 nitrogen and oxygen atoms in total. The van der Waals surface area contributed by atoms with Crippen LogP contribution >= 0.6 is 11.6 Å². The van der Waals surface area contributed by atoms with Crippen LogP contribution in [-0.2, 0) is 0 Å². The molecule has 0 spiro atoms. The predicted octanol–water partition coefficient (Wildman–Crippen LogP) is 4.10. The quantitative estimate of drug-likeness (QED) is 0.830. The Morgan fingerprint density at radius 1 is 1.28 bits per heavy atom. The molecule has 0 aliphatic carbocycles. The molecule has 1 amide bonds. The topological polar surface area (TPSA) is 29.5 Å². The SMILES string of the molecule is CC(C)N(C(=O)Oc1ccc(Cl)cc1F)C(C)C. The minimum Gasteiger partial charge on any atom is -0.407 e. The summed E-state index contributed by atoms with van der Waals surface area (Å²) in [5.74, 6) is -0.765. The van der Waals surface area contributed by atoms with Crippen molar-refractivity contribution in [3.05, 3.63) is 29.0 Å². The minimum absolute atomic E-state index is 0.0205. The number of carbonyl (C=O) groups is 1. The van der Waals surface area contributed by atoms with Gasteiger partial charge in [-0.1, -0.05) is 11.6 Å². The fourth-order valence-electron chi connectivity index (χ4n) is 1.72. The Balaban J connectivity index is 2.86. The number of hydrogen-bond donors (Lipinski definition) is 0. The van der Waals surface area contributed by atoms with Gasteiger partial charge in [-0.05, 0) is 45.9 Å². The van der Waals surface area contributed by atoms with Crippen LogP contribution in [-0.4, -0.2) is 23.1 Å². The van der Waals surface area contributed by atoms with E-state index in [2.05, 4.69) is 0 Å². The molecule has 0 bridgehead atoms. The summed E-state index contributed by atoms with van der Waals surface area (Å²) in [4.78, 5) is 13.5. The standard InChI is InChI=1S/C13H17ClFNO2/c1-8(2)16(9(3)4)13(17)18-12-6-5-10(14)7-11(12)15/h5-9H,1-4H3. The lowest BCUT2D eigenvalue weighted by Gasteiger charge is -2.29. The summed E-state index contributed by atoms with van der Waals surface area (Å²) < 4.78 is 18.5. The molecule has 0 heterocycles. The Kier molecular flexibility index (Phi) is 4.96. The van der Waals surface area contributed by atoms with Gasteiger partial charge in [0.1, 0.15) is 0 Å². The summed E-state index contributed by atoms with van der Waals surface area (Å²) >= 11 is 5.63. The van der Waals surface area contributed by atoms with Crippen LogP contribution in [0.4, 0.5) is 9.18 Å². The predicted molar refractivity (Wildman–Crippen MR) is 69.5 cm³/mol. The van der Waals surface area contributed by atoms with Crippen molar-refractivity contribution in [1.82, 2.24) is 4.90 Å². The zero-order valence-corrected chi connectivity index (χ0v) is 11.7. The van der Waals surface area contributed by atoms with Gasteiger partial charge >= 0.3 is 6.09 Å². The van der Waals surface area contributed by atoms with E-state index in [1.54, 1.807) is 0 Å². The van der Waals surface area contributed by atoms with Gasteiger partial charge in [-0.2, -0.15) is 0 Å². The van der Waals surface area contributed by atoms with Gasteiger partial charge in [0.25, 0.3) is 0 Å². The van der Waals surface area contributed by atoms with Crippen LogP contribution in [0.3, 0.4) is 0 Å². The molecule has 0 saturated carbocycles. The molecular formula is C13H17ClFNO2. The number of carbonyl (C=O) groups excluding carboxylic acids is 1. The lowest BCUT2D eigenvalue weighted by Crippen LogP contribution is -2.43. The molecule has 1 aromatic carbocycles. The molecule has 1 aromatic rings. The third-order valence-corrected chi connectivity index (χ3v) is 2.65. The van der Waals surface area contributed by atoms with Crippen molar-refractivity contribution in [2.45, 2.75) is 39.8 Å². The average molecular weight is 274 g/mol. The van der Waals surface area contributed by atoms with Gasteiger partial charge in [0.15, 0.2) is 11.6 Å².